The second-order valence-electron chi connectivity index (χ2n) is 7.70. The van der Waals surface area contributed by atoms with Crippen LogP contribution < -0.4 is 0 Å². The molecule has 2 aromatic rings. The molecule has 1 saturated heterocycles. The van der Waals surface area contributed by atoms with E-state index in [2.05, 4.69) is 19.8 Å². The quantitative estimate of drug-likeness (QED) is 0.495. The fourth-order valence-corrected chi connectivity index (χ4v) is 5.76. The molecule has 0 radical (unpaired) electrons. The fraction of sp³-hybridized carbons (Fsp3) is 0.167. The highest BCUT2D eigenvalue weighted by atomic mass is 35.5. The zero-order valence-electron chi connectivity index (χ0n) is 17.8. The number of piperazine rings is 1. The predicted molar refractivity (Wildman–Crippen MR) is 142 cm³/mol. The Kier molecular flexibility index (Phi) is 6.83. The van der Waals surface area contributed by atoms with Crippen LogP contribution in [0.5, 0.6) is 0 Å². The van der Waals surface area contributed by atoms with E-state index in [4.69, 9.17) is 23.2 Å². The number of nitrogens with zero attached hydrogens (tertiary/aromatic N) is 4. The standard InChI is InChI=1S/C24H18Cl2N4O2S2/c25-17-5-1-15(2-6-17)13-19-21(31)27-23(33-19)29-9-11-30(12-10-29)24-28-22(32)20(34-24)14-16-3-7-18(26)8-4-16/h1-8,13-14H,9-12H2. The molecule has 5 rings (SSSR count). The lowest BCUT2D eigenvalue weighted by Gasteiger charge is -2.35. The molecule has 0 atom stereocenters. The van der Waals surface area contributed by atoms with Crippen LogP contribution in [0.2, 0.25) is 10.0 Å². The van der Waals surface area contributed by atoms with Gasteiger partial charge in [-0.2, -0.15) is 9.98 Å². The van der Waals surface area contributed by atoms with Crippen LogP contribution in [0.25, 0.3) is 12.2 Å². The van der Waals surface area contributed by atoms with Gasteiger partial charge in [-0.1, -0.05) is 47.5 Å². The molecule has 3 aliphatic heterocycles. The molecule has 2 amide bonds. The molecule has 172 valence electrons. The van der Waals surface area contributed by atoms with Gasteiger partial charge < -0.3 is 9.80 Å². The Hall–Kier alpha value is -2.52. The Balaban J connectivity index is 1.18. The summed E-state index contributed by atoms with van der Waals surface area (Å²) in [5, 5.41) is 2.74. The van der Waals surface area contributed by atoms with Crippen molar-refractivity contribution in [2.24, 2.45) is 9.98 Å². The molecule has 3 aliphatic rings. The maximum atomic E-state index is 12.4. The number of carbonyl (C=O) groups is 2. The Morgan fingerprint density at radius 2 is 1.00 bits per heavy atom. The van der Waals surface area contributed by atoms with Gasteiger partial charge >= 0.3 is 0 Å². The Morgan fingerprint density at radius 1 is 0.647 bits per heavy atom. The lowest BCUT2D eigenvalue weighted by Crippen LogP contribution is -2.49. The van der Waals surface area contributed by atoms with Crippen molar-refractivity contribution in [2.75, 3.05) is 26.2 Å². The highest BCUT2D eigenvalue weighted by Crippen LogP contribution is 2.33. The number of hydrogen-bond donors (Lipinski definition) is 0. The minimum Gasteiger partial charge on any atom is -0.347 e. The van der Waals surface area contributed by atoms with E-state index in [0.29, 0.717) is 56.4 Å². The molecule has 1 fully saturated rings. The van der Waals surface area contributed by atoms with Gasteiger partial charge in [0.2, 0.25) is 0 Å². The van der Waals surface area contributed by atoms with Crippen LogP contribution in [0.3, 0.4) is 0 Å². The SMILES string of the molecule is O=C1N=C(N2CCN(C3=NC(=O)C(=Cc4ccc(Cl)cc4)S3)CC2)SC1=Cc1ccc(Cl)cc1. The molecule has 0 aliphatic carbocycles. The van der Waals surface area contributed by atoms with Gasteiger partial charge in [-0.05, 0) is 71.1 Å². The molecule has 0 bridgehead atoms. The van der Waals surface area contributed by atoms with Crippen molar-refractivity contribution in [1.29, 1.82) is 0 Å². The van der Waals surface area contributed by atoms with Gasteiger partial charge in [0, 0.05) is 36.2 Å². The average molecular weight is 529 g/mol. The lowest BCUT2D eigenvalue weighted by atomic mass is 10.2. The van der Waals surface area contributed by atoms with E-state index in [9.17, 15) is 9.59 Å². The number of thioether (sulfide) groups is 2. The van der Waals surface area contributed by atoms with Crippen LogP contribution in [-0.2, 0) is 9.59 Å². The van der Waals surface area contributed by atoms with Crippen LogP contribution in [-0.4, -0.2) is 58.1 Å². The molecule has 10 heteroatoms. The summed E-state index contributed by atoms with van der Waals surface area (Å²) in [5.74, 6) is -0.452. The van der Waals surface area contributed by atoms with Gasteiger partial charge in [-0.25, -0.2) is 0 Å². The molecule has 0 unspecified atom stereocenters. The van der Waals surface area contributed by atoms with E-state index in [1.165, 1.54) is 23.5 Å². The number of hydrogen-bond acceptors (Lipinski definition) is 6. The molecule has 6 nitrogen and oxygen atoms in total. The zero-order chi connectivity index (χ0) is 23.7. The first-order chi connectivity index (χ1) is 16.4. The van der Waals surface area contributed by atoms with E-state index in [0.717, 1.165) is 11.1 Å². The van der Waals surface area contributed by atoms with Gasteiger partial charge in [-0.3, -0.25) is 9.59 Å². The second-order valence-corrected chi connectivity index (χ2v) is 10.6. The average Bonchev–Trinajstić information content (AvgIpc) is 3.39. The first-order valence-electron chi connectivity index (χ1n) is 10.5. The maximum absolute atomic E-state index is 12.4. The summed E-state index contributed by atoms with van der Waals surface area (Å²) >= 11 is 14.6. The van der Waals surface area contributed by atoms with Crippen LogP contribution in [0.1, 0.15) is 11.1 Å². The molecule has 34 heavy (non-hydrogen) atoms. The minimum absolute atomic E-state index is 0.226. The highest BCUT2D eigenvalue weighted by molar-refractivity contribution is 8.18. The normalized spacial score (nSPS) is 21.0. The monoisotopic (exact) mass is 528 g/mol. The number of aliphatic imine (C=N–C) groups is 2. The highest BCUT2D eigenvalue weighted by Gasteiger charge is 2.32. The van der Waals surface area contributed by atoms with Crippen molar-refractivity contribution in [3.8, 4) is 0 Å². The molecular formula is C24H18Cl2N4O2S2. The third-order valence-electron chi connectivity index (χ3n) is 5.37. The van der Waals surface area contributed by atoms with Crippen molar-refractivity contribution >= 4 is 81.0 Å². The van der Waals surface area contributed by atoms with Crippen LogP contribution in [0.4, 0.5) is 0 Å². The number of benzene rings is 2. The molecule has 0 spiro atoms. The summed E-state index contributed by atoms with van der Waals surface area (Å²) < 4.78 is 0. The first-order valence-corrected chi connectivity index (χ1v) is 12.9. The number of halogens is 2. The second kappa shape index (κ2) is 10.00. The molecular weight excluding hydrogens is 511 g/mol. The summed E-state index contributed by atoms with van der Waals surface area (Å²) in [6, 6.07) is 14.7. The first kappa shape index (κ1) is 23.2. The number of rotatable bonds is 2. The summed E-state index contributed by atoms with van der Waals surface area (Å²) in [7, 11) is 0. The largest absolute Gasteiger partial charge is 0.347 e. The Morgan fingerprint density at radius 3 is 1.35 bits per heavy atom. The third-order valence-corrected chi connectivity index (χ3v) is 7.97. The summed E-state index contributed by atoms with van der Waals surface area (Å²) in [4.78, 5) is 38.7. The summed E-state index contributed by atoms with van der Waals surface area (Å²) in [6.07, 6.45) is 3.67. The van der Waals surface area contributed by atoms with E-state index >= 15 is 0 Å². The molecule has 2 aromatic carbocycles. The van der Waals surface area contributed by atoms with Gasteiger partial charge in [0.05, 0.1) is 9.81 Å². The summed E-state index contributed by atoms with van der Waals surface area (Å²) in [5.41, 5.74) is 1.81. The van der Waals surface area contributed by atoms with Crippen molar-refractivity contribution in [3.05, 3.63) is 79.5 Å². The smallest absolute Gasteiger partial charge is 0.286 e. The maximum Gasteiger partial charge on any atom is 0.286 e. The molecule has 0 aromatic heterocycles. The van der Waals surface area contributed by atoms with Crippen LogP contribution >= 0.6 is 46.7 Å². The van der Waals surface area contributed by atoms with Gasteiger partial charge in [0.1, 0.15) is 0 Å². The van der Waals surface area contributed by atoms with Crippen molar-refractivity contribution in [1.82, 2.24) is 9.80 Å². The van der Waals surface area contributed by atoms with Gasteiger partial charge in [-0.15, -0.1) is 0 Å². The van der Waals surface area contributed by atoms with E-state index in [1.54, 1.807) is 24.3 Å². The molecule has 0 saturated carbocycles. The third kappa shape index (κ3) is 5.25. The van der Waals surface area contributed by atoms with Crippen molar-refractivity contribution in [3.63, 3.8) is 0 Å². The topological polar surface area (TPSA) is 65.3 Å². The predicted octanol–water partition coefficient (Wildman–Crippen LogP) is 5.25. The van der Waals surface area contributed by atoms with E-state index in [1.807, 2.05) is 36.4 Å². The minimum atomic E-state index is -0.226. The van der Waals surface area contributed by atoms with Crippen molar-refractivity contribution in [2.45, 2.75) is 0 Å². The van der Waals surface area contributed by atoms with Crippen LogP contribution in [0, 0.1) is 0 Å². The van der Waals surface area contributed by atoms with E-state index < -0.39 is 0 Å². The lowest BCUT2D eigenvalue weighted by molar-refractivity contribution is -0.114. The Bertz CT molecular complexity index is 1160. The summed E-state index contributed by atoms with van der Waals surface area (Å²) in [6.45, 7) is 2.77. The van der Waals surface area contributed by atoms with Crippen molar-refractivity contribution < 1.29 is 9.59 Å². The molecule has 0 N–H and O–H groups in total. The van der Waals surface area contributed by atoms with E-state index in [-0.39, 0.29) is 11.8 Å². The number of carbonyl (C=O) groups excluding carboxylic acids is 2. The fourth-order valence-electron chi connectivity index (χ4n) is 3.58. The zero-order valence-corrected chi connectivity index (χ0v) is 20.9. The number of amides is 2. The molecule has 3 heterocycles. The van der Waals surface area contributed by atoms with Crippen LogP contribution in [0.15, 0.2) is 68.3 Å². The Labute approximate surface area is 215 Å². The van der Waals surface area contributed by atoms with Gasteiger partial charge in [0.25, 0.3) is 11.8 Å². The van der Waals surface area contributed by atoms with Gasteiger partial charge in [0.15, 0.2) is 10.3 Å². The number of amidine groups is 2.